The molecule has 3 rings (SSSR count). The predicted octanol–water partition coefficient (Wildman–Crippen LogP) is 0.542. The number of aromatic nitrogens is 3. The molecule has 7 nitrogen and oxygen atoms in total. The second-order valence-corrected chi connectivity index (χ2v) is 6.83. The van der Waals surface area contributed by atoms with Crippen LogP contribution in [0.5, 0.6) is 0 Å². The van der Waals surface area contributed by atoms with Crippen LogP contribution in [-0.2, 0) is 11.2 Å². The fourth-order valence-electron chi connectivity index (χ4n) is 2.63. The fourth-order valence-corrected chi connectivity index (χ4v) is 3.24. The maximum absolute atomic E-state index is 12.0. The summed E-state index contributed by atoms with van der Waals surface area (Å²) >= 11 is 1.53. The molecule has 0 aromatic carbocycles. The van der Waals surface area contributed by atoms with Crippen LogP contribution in [0.1, 0.15) is 17.1 Å². The van der Waals surface area contributed by atoms with Crippen LogP contribution in [0.3, 0.4) is 0 Å². The minimum atomic E-state index is -0.939. The van der Waals surface area contributed by atoms with Crippen molar-refractivity contribution in [2.24, 2.45) is 0 Å². The number of nitrogens with one attached hydrogen (secondary N) is 1. The third kappa shape index (κ3) is 4.02. The van der Waals surface area contributed by atoms with Crippen molar-refractivity contribution < 1.29 is 9.90 Å². The summed E-state index contributed by atoms with van der Waals surface area (Å²) < 4.78 is 0. The van der Waals surface area contributed by atoms with Crippen molar-refractivity contribution in [3.63, 3.8) is 0 Å². The van der Waals surface area contributed by atoms with Crippen molar-refractivity contribution >= 4 is 23.1 Å². The number of carbonyl (C=O) groups excluding carboxylic acids is 1. The summed E-state index contributed by atoms with van der Waals surface area (Å²) in [4.78, 5) is 26.5. The lowest BCUT2D eigenvalue weighted by Gasteiger charge is -2.24. The van der Waals surface area contributed by atoms with E-state index in [0.29, 0.717) is 19.5 Å². The van der Waals surface area contributed by atoms with Gasteiger partial charge in [-0.2, -0.15) is 0 Å². The number of hydrogen-bond donors (Lipinski definition) is 2. The first-order valence-electron chi connectivity index (χ1n) is 7.45. The second kappa shape index (κ2) is 6.59. The molecule has 0 spiro atoms. The third-order valence-corrected chi connectivity index (χ3v) is 4.65. The average Bonchev–Trinajstić information content (AvgIpc) is 3.13. The van der Waals surface area contributed by atoms with Crippen LogP contribution in [0.4, 0.5) is 5.82 Å². The standard InChI is InChI=1S/C15H19N5O2S/c1-11-19-12(8-23-11)6-14(21)18-9-15(22)2-5-20(10-15)13-7-16-3-4-17-13/h3-4,7-8,22H,2,5-6,9-10H2,1H3,(H,18,21)/t15-/m0/s1. The molecule has 1 fully saturated rings. The number of carbonyl (C=O) groups is 1. The number of aryl methyl sites for hydroxylation is 1. The van der Waals surface area contributed by atoms with E-state index < -0.39 is 5.60 Å². The van der Waals surface area contributed by atoms with Crippen LogP contribution in [0.25, 0.3) is 0 Å². The molecule has 0 aliphatic carbocycles. The van der Waals surface area contributed by atoms with Gasteiger partial charge in [0.2, 0.25) is 5.91 Å². The zero-order valence-corrected chi connectivity index (χ0v) is 13.7. The van der Waals surface area contributed by atoms with E-state index >= 15 is 0 Å². The average molecular weight is 333 g/mol. The minimum absolute atomic E-state index is 0.123. The van der Waals surface area contributed by atoms with E-state index in [1.807, 2.05) is 17.2 Å². The van der Waals surface area contributed by atoms with Crippen LogP contribution < -0.4 is 10.2 Å². The molecule has 3 heterocycles. The zero-order chi connectivity index (χ0) is 16.3. The Balaban J connectivity index is 1.51. The van der Waals surface area contributed by atoms with Gasteiger partial charge in [0, 0.05) is 37.4 Å². The number of nitrogens with zero attached hydrogens (tertiary/aromatic N) is 4. The van der Waals surface area contributed by atoms with Gasteiger partial charge >= 0.3 is 0 Å². The molecule has 8 heteroatoms. The van der Waals surface area contributed by atoms with Crippen LogP contribution >= 0.6 is 11.3 Å². The highest BCUT2D eigenvalue weighted by atomic mass is 32.1. The molecular weight excluding hydrogens is 314 g/mol. The van der Waals surface area contributed by atoms with Crippen molar-refractivity contribution in [3.8, 4) is 0 Å². The maximum Gasteiger partial charge on any atom is 0.226 e. The van der Waals surface area contributed by atoms with Crippen molar-refractivity contribution in [2.45, 2.75) is 25.4 Å². The highest BCUT2D eigenvalue weighted by Crippen LogP contribution is 2.24. The lowest BCUT2D eigenvalue weighted by atomic mass is 10.0. The number of thiazole rings is 1. The Bertz CT molecular complexity index is 678. The third-order valence-electron chi connectivity index (χ3n) is 3.83. The molecule has 1 amide bonds. The quantitative estimate of drug-likeness (QED) is 0.830. The van der Waals surface area contributed by atoms with E-state index in [4.69, 9.17) is 0 Å². The fraction of sp³-hybridized carbons (Fsp3) is 0.467. The number of rotatable bonds is 5. The van der Waals surface area contributed by atoms with E-state index in [1.54, 1.807) is 18.6 Å². The maximum atomic E-state index is 12.0. The summed E-state index contributed by atoms with van der Waals surface area (Å²) in [6, 6.07) is 0. The van der Waals surface area contributed by atoms with Gasteiger partial charge in [0.15, 0.2) is 0 Å². The Morgan fingerprint density at radius 1 is 1.52 bits per heavy atom. The summed E-state index contributed by atoms with van der Waals surface area (Å²) in [5, 5.41) is 16.3. The molecule has 0 bridgehead atoms. The van der Waals surface area contributed by atoms with E-state index in [-0.39, 0.29) is 18.9 Å². The monoisotopic (exact) mass is 333 g/mol. The van der Waals surface area contributed by atoms with Gasteiger partial charge in [-0.15, -0.1) is 11.3 Å². The highest BCUT2D eigenvalue weighted by Gasteiger charge is 2.37. The lowest BCUT2D eigenvalue weighted by Crippen LogP contribution is -2.45. The smallest absolute Gasteiger partial charge is 0.226 e. The van der Waals surface area contributed by atoms with E-state index in [1.165, 1.54) is 11.3 Å². The lowest BCUT2D eigenvalue weighted by molar-refractivity contribution is -0.121. The first kappa shape index (κ1) is 15.8. The molecule has 23 heavy (non-hydrogen) atoms. The Morgan fingerprint density at radius 3 is 3.09 bits per heavy atom. The molecular formula is C15H19N5O2S. The van der Waals surface area contributed by atoms with Gasteiger partial charge in [0.1, 0.15) is 11.4 Å². The molecule has 1 aliphatic rings. The van der Waals surface area contributed by atoms with Gasteiger partial charge in [-0.25, -0.2) is 9.97 Å². The number of β-amino-alcohol motifs (C(OH)–C–C–N with tert-alkyl or cyclic N) is 1. The first-order chi connectivity index (χ1) is 11.0. The summed E-state index contributed by atoms with van der Waals surface area (Å²) in [7, 11) is 0. The molecule has 0 saturated carbocycles. The number of aliphatic hydroxyl groups is 1. The van der Waals surface area contributed by atoms with Crippen molar-refractivity contribution in [3.05, 3.63) is 34.7 Å². The predicted molar refractivity (Wildman–Crippen MR) is 87.4 cm³/mol. The molecule has 2 aromatic rings. The summed E-state index contributed by atoms with van der Waals surface area (Å²) in [6.07, 6.45) is 5.75. The summed E-state index contributed by atoms with van der Waals surface area (Å²) in [6.45, 7) is 3.26. The molecule has 2 N–H and O–H groups in total. The molecule has 0 unspecified atom stereocenters. The Labute approximate surface area is 138 Å². The minimum Gasteiger partial charge on any atom is -0.386 e. The highest BCUT2D eigenvalue weighted by molar-refractivity contribution is 7.09. The van der Waals surface area contributed by atoms with Crippen molar-refractivity contribution in [2.75, 3.05) is 24.5 Å². The summed E-state index contributed by atoms with van der Waals surface area (Å²) in [5.41, 5.74) is -0.171. The molecule has 122 valence electrons. The van der Waals surface area contributed by atoms with Crippen LogP contribution in [0, 0.1) is 6.92 Å². The van der Waals surface area contributed by atoms with Crippen LogP contribution in [0.15, 0.2) is 24.0 Å². The van der Waals surface area contributed by atoms with Gasteiger partial charge < -0.3 is 15.3 Å². The Hall–Kier alpha value is -2.06. The van der Waals surface area contributed by atoms with Gasteiger partial charge in [0.25, 0.3) is 0 Å². The molecule has 0 radical (unpaired) electrons. The zero-order valence-electron chi connectivity index (χ0n) is 12.9. The molecule has 1 saturated heterocycles. The topological polar surface area (TPSA) is 91.2 Å². The Morgan fingerprint density at radius 2 is 2.39 bits per heavy atom. The summed E-state index contributed by atoms with van der Waals surface area (Å²) in [5.74, 6) is 0.620. The molecule has 2 aromatic heterocycles. The Kier molecular flexibility index (Phi) is 4.53. The molecule has 1 aliphatic heterocycles. The second-order valence-electron chi connectivity index (χ2n) is 5.77. The normalized spacial score (nSPS) is 20.7. The van der Waals surface area contributed by atoms with E-state index in [2.05, 4.69) is 20.3 Å². The van der Waals surface area contributed by atoms with Gasteiger partial charge in [-0.3, -0.25) is 9.78 Å². The van der Waals surface area contributed by atoms with Gasteiger partial charge in [0.05, 0.1) is 23.3 Å². The number of hydrogen-bond acceptors (Lipinski definition) is 7. The van der Waals surface area contributed by atoms with Crippen molar-refractivity contribution in [1.29, 1.82) is 0 Å². The largest absolute Gasteiger partial charge is 0.386 e. The SMILES string of the molecule is Cc1nc(CC(=O)NC[C@@]2(O)CCN(c3cnccn3)C2)cs1. The van der Waals surface area contributed by atoms with Crippen LogP contribution in [0.2, 0.25) is 0 Å². The van der Waals surface area contributed by atoms with Crippen molar-refractivity contribution in [1.82, 2.24) is 20.3 Å². The van der Waals surface area contributed by atoms with Crippen LogP contribution in [-0.4, -0.2) is 51.2 Å². The molecule has 1 atom stereocenters. The van der Waals surface area contributed by atoms with Gasteiger partial charge in [-0.1, -0.05) is 0 Å². The van der Waals surface area contributed by atoms with Gasteiger partial charge in [-0.05, 0) is 13.3 Å². The van der Waals surface area contributed by atoms with E-state index in [0.717, 1.165) is 16.5 Å². The number of amides is 1. The van der Waals surface area contributed by atoms with E-state index in [9.17, 15) is 9.90 Å². The number of anilines is 1. The first-order valence-corrected chi connectivity index (χ1v) is 8.33.